The van der Waals surface area contributed by atoms with Gasteiger partial charge >= 0.3 is 5.97 Å². The van der Waals surface area contributed by atoms with Gasteiger partial charge in [0.15, 0.2) is 16.6 Å². The van der Waals surface area contributed by atoms with Crippen LogP contribution >= 0.6 is 23.6 Å². The number of carbonyl (C=O) groups is 1. The summed E-state index contributed by atoms with van der Waals surface area (Å²) in [5.74, 6) is 1.01. The van der Waals surface area contributed by atoms with Crippen LogP contribution in [0.4, 0.5) is 10.7 Å². The Hall–Kier alpha value is -2.32. The third-order valence-corrected chi connectivity index (χ3v) is 5.13. The van der Waals surface area contributed by atoms with Crippen molar-refractivity contribution in [3.05, 3.63) is 34.2 Å². The van der Waals surface area contributed by atoms with E-state index in [-0.39, 0.29) is 5.97 Å². The van der Waals surface area contributed by atoms with Crippen molar-refractivity contribution in [3.8, 4) is 11.5 Å². The zero-order chi connectivity index (χ0) is 18.0. The minimum Gasteiger partial charge on any atom is -0.486 e. The molecule has 1 aromatic carbocycles. The summed E-state index contributed by atoms with van der Waals surface area (Å²) in [7, 11) is 1.37. The number of thiocarbonyl (C=S) groups is 1. The standard InChI is InChI=1S/C17H18N2O4S2/c1-9-10(2)25-15(14(9)16(20)21-3)19-17(24)18-11-4-5-12-13(8-11)23-7-6-22-12/h4-5,8H,6-7H2,1-3H3,(H2,18,19,24). The Morgan fingerprint density at radius 3 is 2.64 bits per heavy atom. The van der Waals surface area contributed by atoms with Gasteiger partial charge in [0.25, 0.3) is 0 Å². The van der Waals surface area contributed by atoms with E-state index in [1.54, 1.807) is 0 Å². The van der Waals surface area contributed by atoms with Crippen molar-refractivity contribution in [2.24, 2.45) is 0 Å². The average molecular weight is 378 g/mol. The maximum Gasteiger partial charge on any atom is 0.341 e. The van der Waals surface area contributed by atoms with Crippen molar-refractivity contribution >= 4 is 45.3 Å². The van der Waals surface area contributed by atoms with Gasteiger partial charge in [-0.15, -0.1) is 11.3 Å². The predicted octanol–water partition coefficient (Wildman–Crippen LogP) is 3.73. The Bertz CT molecular complexity index is 832. The molecule has 2 aromatic rings. The van der Waals surface area contributed by atoms with Crippen LogP contribution in [0.15, 0.2) is 18.2 Å². The lowest BCUT2D eigenvalue weighted by atomic mass is 10.1. The fourth-order valence-electron chi connectivity index (χ4n) is 2.45. The maximum atomic E-state index is 12.0. The van der Waals surface area contributed by atoms with Gasteiger partial charge in [0.05, 0.1) is 12.7 Å². The quantitative estimate of drug-likeness (QED) is 0.623. The van der Waals surface area contributed by atoms with E-state index in [4.69, 9.17) is 26.4 Å². The highest BCUT2D eigenvalue weighted by Gasteiger charge is 2.21. The van der Waals surface area contributed by atoms with Gasteiger partial charge in [-0.3, -0.25) is 0 Å². The van der Waals surface area contributed by atoms with Gasteiger partial charge in [0.1, 0.15) is 18.2 Å². The number of thiophene rings is 1. The lowest BCUT2D eigenvalue weighted by molar-refractivity contribution is 0.0601. The van der Waals surface area contributed by atoms with Gasteiger partial charge in [0.2, 0.25) is 0 Å². The average Bonchev–Trinajstić information content (AvgIpc) is 2.87. The van der Waals surface area contributed by atoms with Crippen molar-refractivity contribution in [2.45, 2.75) is 13.8 Å². The number of ether oxygens (including phenoxy) is 3. The number of benzene rings is 1. The fraction of sp³-hybridized carbons (Fsp3) is 0.294. The van der Waals surface area contributed by atoms with Gasteiger partial charge in [-0.25, -0.2) is 4.79 Å². The van der Waals surface area contributed by atoms with E-state index < -0.39 is 0 Å². The van der Waals surface area contributed by atoms with Crippen molar-refractivity contribution in [3.63, 3.8) is 0 Å². The Kier molecular flexibility index (Phi) is 5.10. The first-order chi connectivity index (χ1) is 12.0. The van der Waals surface area contributed by atoms with Gasteiger partial charge < -0.3 is 24.8 Å². The molecule has 0 bridgehead atoms. The number of methoxy groups -OCH3 is 1. The largest absolute Gasteiger partial charge is 0.486 e. The molecule has 0 aliphatic carbocycles. The molecular weight excluding hydrogens is 360 g/mol. The van der Waals surface area contributed by atoms with Crippen LogP contribution in [0.2, 0.25) is 0 Å². The number of fused-ring (bicyclic) bond motifs is 1. The summed E-state index contributed by atoms with van der Waals surface area (Å²) in [6, 6.07) is 5.51. The Labute approximate surface area is 155 Å². The van der Waals surface area contributed by atoms with Crippen molar-refractivity contribution in [1.29, 1.82) is 0 Å². The lowest BCUT2D eigenvalue weighted by Gasteiger charge is -2.19. The van der Waals surface area contributed by atoms with Crippen molar-refractivity contribution in [1.82, 2.24) is 0 Å². The minimum absolute atomic E-state index is 0.378. The predicted molar refractivity (Wildman–Crippen MR) is 102 cm³/mol. The second-order valence-corrected chi connectivity index (χ2v) is 7.05. The number of nitrogens with one attached hydrogen (secondary N) is 2. The van der Waals surface area contributed by atoms with Crippen LogP contribution in [0.3, 0.4) is 0 Å². The van der Waals surface area contributed by atoms with Gasteiger partial charge in [0, 0.05) is 16.6 Å². The molecular formula is C17H18N2O4S2. The molecule has 1 aliphatic rings. The number of hydrogen-bond donors (Lipinski definition) is 2. The van der Waals surface area contributed by atoms with E-state index in [0.717, 1.165) is 16.1 Å². The van der Waals surface area contributed by atoms with E-state index in [0.29, 0.717) is 40.4 Å². The second kappa shape index (κ2) is 7.28. The number of rotatable bonds is 3. The zero-order valence-electron chi connectivity index (χ0n) is 14.1. The van der Waals surface area contributed by atoms with Crippen LogP contribution in [-0.2, 0) is 4.74 Å². The normalized spacial score (nSPS) is 12.4. The van der Waals surface area contributed by atoms with Crippen LogP contribution in [0, 0.1) is 13.8 Å². The summed E-state index contributed by atoms with van der Waals surface area (Å²) in [4.78, 5) is 13.1. The molecule has 3 rings (SSSR count). The molecule has 0 saturated heterocycles. The van der Waals surface area contributed by atoms with Crippen LogP contribution in [0.5, 0.6) is 11.5 Å². The first-order valence-corrected chi connectivity index (χ1v) is 8.88. The molecule has 25 heavy (non-hydrogen) atoms. The third-order valence-electron chi connectivity index (χ3n) is 3.80. The summed E-state index contributed by atoms with van der Waals surface area (Å²) in [5.41, 5.74) is 2.17. The molecule has 1 aliphatic heterocycles. The molecule has 0 saturated carbocycles. The highest BCUT2D eigenvalue weighted by molar-refractivity contribution is 7.80. The molecule has 8 heteroatoms. The minimum atomic E-state index is -0.383. The van der Waals surface area contributed by atoms with Crippen LogP contribution < -0.4 is 20.1 Å². The molecule has 132 valence electrons. The van der Waals surface area contributed by atoms with E-state index in [1.807, 2.05) is 32.0 Å². The SMILES string of the molecule is COC(=O)c1c(NC(=S)Nc2ccc3c(c2)OCCO3)sc(C)c1C. The van der Waals surface area contributed by atoms with E-state index >= 15 is 0 Å². The number of carbonyl (C=O) groups excluding carboxylic acids is 1. The first kappa shape index (κ1) is 17.5. The summed E-state index contributed by atoms with van der Waals surface area (Å²) < 4.78 is 15.9. The maximum absolute atomic E-state index is 12.0. The molecule has 2 heterocycles. The Morgan fingerprint density at radius 1 is 1.20 bits per heavy atom. The Morgan fingerprint density at radius 2 is 1.92 bits per heavy atom. The Balaban J connectivity index is 1.75. The zero-order valence-corrected chi connectivity index (χ0v) is 15.7. The number of aryl methyl sites for hydroxylation is 1. The van der Waals surface area contributed by atoms with Crippen molar-refractivity contribution < 1.29 is 19.0 Å². The van der Waals surface area contributed by atoms with E-state index in [9.17, 15) is 4.79 Å². The monoisotopic (exact) mass is 378 g/mol. The molecule has 0 atom stereocenters. The topological polar surface area (TPSA) is 68.8 Å². The summed E-state index contributed by atoms with van der Waals surface area (Å²) in [6.07, 6.45) is 0. The second-order valence-electron chi connectivity index (χ2n) is 5.42. The van der Waals surface area contributed by atoms with Crippen LogP contribution in [-0.4, -0.2) is 31.4 Å². The van der Waals surface area contributed by atoms with Gasteiger partial charge in [-0.1, -0.05) is 0 Å². The number of anilines is 2. The summed E-state index contributed by atoms with van der Waals surface area (Å²) in [6.45, 7) is 4.91. The van der Waals surface area contributed by atoms with Gasteiger partial charge in [-0.05, 0) is 43.8 Å². The lowest BCUT2D eigenvalue weighted by Crippen LogP contribution is -2.20. The molecule has 0 fully saturated rings. The van der Waals surface area contributed by atoms with E-state index in [2.05, 4.69) is 10.6 Å². The molecule has 2 N–H and O–H groups in total. The molecule has 0 unspecified atom stereocenters. The molecule has 1 aromatic heterocycles. The van der Waals surface area contributed by atoms with Crippen molar-refractivity contribution in [2.75, 3.05) is 31.0 Å². The third kappa shape index (κ3) is 3.69. The highest BCUT2D eigenvalue weighted by Crippen LogP contribution is 2.34. The molecule has 0 spiro atoms. The first-order valence-electron chi connectivity index (χ1n) is 7.65. The van der Waals surface area contributed by atoms with Crippen LogP contribution in [0.25, 0.3) is 0 Å². The van der Waals surface area contributed by atoms with Gasteiger partial charge in [-0.2, -0.15) is 0 Å². The number of esters is 1. The molecule has 0 radical (unpaired) electrons. The van der Waals surface area contributed by atoms with Crippen LogP contribution in [0.1, 0.15) is 20.8 Å². The molecule has 6 nitrogen and oxygen atoms in total. The summed E-state index contributed by atoms with van der Waals surface area (Å²) >= 11 is 6.83. The fourth-order valence-corrected chi connectivity index (χ4v) is 3.79. The molecule has 0 amide bonds. The summed E-state index contributed by atoms with van der Waals surface area (Å²) in [5, 5.41) is 7.22. The highest BCUT2D eigenvalue weighted by atomic mass is 32.1. The van der Waals surface area contributed by atoms with E-state index in [1.165, 1.54) is 18.4 Å². The number of hydrogen-bond acceptors (Lipinski definition) is 6. The smallest absolute Gasteiger partial charge is 0.341 e.